The fraction of sp³-hybridized carbons (Fsp3) is 0.273. The summed E-state index contributed by atoms with van der Waals surface area (Å²) in [5.74, 6) is 0.766. The first-order valence-electron chi connectivity index (χ1n) is 9.69. The smallest absolute Gasteiger partial charge is 0.264 e. The summed E-state index contributed by atoms with van der Waals surface area (Å²) in [5.41, 5.74) is 1.19. The molecule has 1 aliphatic rings. The van der Waals surface area contributed by atoms with Crippen molar-refractivity contribution in [3.05, 3.63) is 55.9 Å². The molecule has 5 nitrogen and oxygen atoms in total. The molecule has 1 heterocycles. The highest BCUT2D eigenvalue weighted by Crippen LogP contribution is 2.39. The van der Waals surface area contributed by atoms with E-state index in [1.165, 1.54) is 11.8 Å². The van der Waals surface area contributed by atoms with Crippen molar-refractivity contribution >= 4 is 69.4 Å². The van der Waals surface area contributed by atoms with Crippen molar-refractivity contribution in [2.24, 2.45) is 4.99 Å². The molecule has 31 heavy (non-hydrogen) atoms. The Balaban J connectivity index is 1.89. The summed E-state index contributed by atoms with van der Waals surface area (Å²) in [5, 5.41) is 4.28. The molecule has 0 spiro atoms. The molecule has 3 rings (SSSR count). The maximum absolute atomic E-state index is 12.4. The normalized spacial score (nSPS) is 17.2. The molecule has 1 N–H and O–H groups in total. The maximum atomic E-state index is 12.4. The largest absolute Gasteiger partial charge is 0.490 e. The first-order chi connectivity index (χ1) is 14.8. The Morgan fingerprint density at radius 2 is 1.97 bits per heavy atom. The van der Waals surface area contributed by atoms with E-state index in [0.29, 0.717) is 54.5 Å². The number of aliphatic imine (C=N–C) groups is 1. The van der Waals surface area contributed by atoms with E-state index in [-0.39, 0.29) is 12.0 Å². The van der Waals surface area contributed by atoms with Gasteiger partial charge in [-0.1, -0.05) is 47.8 Å². The molecule has 9 heteroatoms. The van der Waals surface area contributed by atoms with Crippen molar-refractivity contribution in [2.45, 2.75) is 33.3 Å². The molecule has 1 amide bonds. The number of benzene rings is 2. The van der Waals surface area contributed by atoms with E-state index in [0.717, 1.165) is 6.42 Å². The van der Waals surface area contributed by atoms with E-state index in [2.05, 4.69) is 10.3 Å². The van der Waals surface area contributed by atoms with Crippen LogP contribution in [0.3, 0.4) is 0 Å². The lowest BCUT2D eigenvalue weighted by atomic mass is 10.1. The molecule has 0 aromatic heterocycles. The fourth-order valence-corrected chi connectivity index (χ4v) is 4.09. The lowest BCUT2D eigenvalue weighted by Gasteiger charge is -2.18. The molecule has 1 fully saturated rings. The molecule has 1 atom stereocenters. The number of hydrogen-bond acceptors (Lipinski definition) is 5. The summed E-state index contributed by atoms with van der Waals surface area (Å²) < 4.78 is 11.6. The monoisotopic (exact) mass is 498 g/mol. The Kier molecular flexibility index (Phi) is 8.17. The number of nitrogens with zero attached hydrogens (tertiary/aromatic N) is 1. The van der Waals surface area contributed by atoms with Gasteiger partial charge in [-0.05, 0) is 67.9 Å². The van der Waals surface area contributed by atoms with Gasteiger partial charge < -0.3 is 14.8 Å². The maximum Gasteiger partial charge on any atom is 0.264 e. The second kappa shape index (κ2) is 10.6. The zero-order valence-corrected chi connectivity index (χ0v) is 20.3. The van der Waals surface area contributed by atoms with Gasteiger partial charge in [0.1, 0.15) is 0 Å². The number of hydrogen-bond donors (Lipinski definition) is 1. The molecular formula is C22H21Cl3N2O3S. The summed E-state index contributed by atoms with van der Waals surface area (Å²) in [6, 6.07) is 8.68. The number of carbonyl (C=O) groups excluding carboxylic acids is 1. The van der Waals surface area contributed by atoms with Gasteiger partial charge in [-0.15, -0.1) is 0 Å². The number of halogens is 3. The van der Waals surface area contributed by atoms with E-state index in [9.17, 15) is 4.79 Å². The lowest BCUT2D eigenvalue weighted by Crippen LogP contribution is -2.19. The summed E-state index contributed by atoms with van der Waals surface area (Å²) in [6.07, 6.45) is 2.56. The van der Waals surface area contributed by atoms with Gasteiger partial charge >= 0.3 is 0 Å². The molecular weight excluding hydrogens is 479 g/mol. The average molecular weight is 500 g/mol. The summed E-state index contributed by atoms with van der Waals surface area (Å²) in [6.45, 7) is 6.34. The summed E-state index contributed by atoms with van der Waals surface area (Å²) in [7, 11) is 0. The summed E-state index contributed by atoms with van der Waals surface area (Å²) >= 11 is 19.9. The molecule has 0 bridgehead atoms. The van der Waals surface area contributed by atoms with Gasteiger partial charge in [0.25, 0.3) is 5.91 Å². The fourth-order valence-electron chi connectivity index (χ4n) is 2.65. The second-order valence-electron chi connectivity index (χ2n) is 6.65. The number of rotatable bonds is 7. The number of thioether (sulfide) groups is 1. The molecule has 2 aromatic carbocycles. The van der Waals surface area contributed by atoms with Gasteiger partial charge in [0.2, 0.25) is 0 Å². The number of ether oxygens (including phenoxy) is 2. The number of amidine groups is 1. The SMILES string of the molecule is CCOc1cc(/C=C2/SC(=Nc3cccc(Cl)c3Cl)NC2=O)cc(Cl)c1O[C@H](C)CC. The highest BCUT2D eigenvalue weighted by Gasteiger charge is 2.25. The van der Waals surface area contributed by atoms with Crippen LogP contribution in [0.2, 0.25) is 15.1 Å². The predicted molar refractivity (Wildman–Crippen MR) is 130 cm³/mol. The highest BCUT2D eigenvalue weighted by molar-refractivity contribution is 8.18. The van der Waals surface area contributed by atoms with Crippen LogP contribution in [0.15, 0.2) is 40.2 Å². The Labute approximate surface area is 200 Å². The Bertz CT molecular complexity index is 1060. The van der Waals surface area contributed by atoms with Crippen LogP contribution in [-0.4, -0.2) is 23.8 Å². The van der Waals surface area contributed by atoms with Crippen molar-refractivity contribution in [3.63, 3.8) is 0 Å². The van der Waals surface area contributed by atoms with Gasteiger partial charge in [0, 0.05) is 0 Å². The molecule has 0 unspecified atom stereocenters. The van der Waals surface area contributed by atoms with Crippen molar-refractivity contribution < 1.29 is 14.3 Å². The van der Waals surface area contributed by atoms with E-state index in [1.807, 2.05) is 20.8 Å². The number of amides is 1. The average Bonchev–Trinajstić information content (AvgIpc) is 3.07. The first kappa shape index (κ1) is 23.8. The molecule has 0 aliphatic carbocycles. The van der Waals surface area contributed by atoms with Gasteiger partial charge in [-0.2, -0.15) is 0 Å². The third-order valence-corrected chi connectivity index (χ3v) is 6.33. The van der Waals surface area contributed by atoms with Gasteiger partial charge in [0.05, 0.1) is 38.4 Å². The Hall–Kier alpha value is -1.86. The van der Waals surface area contributed by atoms with Gasteiger partial charge in [-0.3, -0.25) is 4.79 Å². The Morgan fingerprint density at radius 1 is 1.19 bits per heavy atom. The minimum Gasteiger partial charge on any atom is -0.490 e. The third kappa shape index (κ3) is 5.89. The molecule has 1 saturated heterocycles. The van der Waals surface area contributed by atoms with E-state index < -0.39 is 0 Å². The second-order valence-corrected chi connectivity index (χ2v) is 8.88. The topological polar surface area (TPSA) is 59.9 Å². The highest BCUT2D eigenvalue weighted by atomic mass is 35.5. The van der Waals surface area contributed by atoms with E-state index >= 15 is 0 Å². The van der Waals surface area contributed by atoms with Crippen LogP contribution in [0.4, 0.5) is 5.69 Å². The minimum atomic E-state index is -0.268. The third-order valence-electron chi connectivity index (χ3n) is 4.33. The van der Waals surface area contributed by atoms with Crippen LogP contribution >= 0.6 is 46.6 Å². The van der Waals surface area contributed by atoms with Gasteiger partial charge in [-0.25, -0.2) is 4.99 Å². The molecule has 164 valence electrons. The molecule has 2 aromatic rings. The van der Waals surface area contributed by atoms with E-state index in [4.69, 9.17) is 44.3 Å². The lowest BCUT2D eigenvalue weighted by molar-refractivity contribution is -0.115. The zero-order valence-electron chi connectivity index (χ0n) is 17.2. The van der Waals surface area contributed by atoms with Crippen LogP contribution in [0.5, 0.6) is 11.5 Å². The van der Waals surface area contributed by atoms with Crippen molar-refractivity contribution in [2.75, 3.05) is 6.61 Å². The van der Waals surface area contributed by atoms with E-state index in [1.54, 1.807) is 36.4 Å². The molecule has 0 radical (unpaired) electrons. The quantitative estimate of drug-likeness (QED) is 0.412. The molecule has 0 saturated carbocycles. The van der Waals surface area contributed by atoms with Crippen LogP contribution in [0.25, 0.3) is 6.08 Å². The van der Waals surface area contributed by atoms with Gasteiger partial charge in [0.15, 0.2) is 16.7 Å². The van der Waals surface area contributed by atoms with Crippen LogP contribution in [-0.2, 0) is 4.79 Å². The predicted octanol–water partition coefficient (Wildman–Crippen LogP) is 7.11. The minimum absolute atomic E-state index is 0.00541. The number of nitrogens with one attached hydrogen (secondary N) is 1. The first-order valence-corrected chi connectivity index (χ1v) is 11.6. The van der Waals surface area contributed by atoms with Crippen LogP contribution in [0.1, 0.15) is 32.8 Å². The summed E-state index contributed by atoms with van der Waals surface area (Å²) in [4.78, 5) is 17.3. The number of carbonyl (C=O) groups is 1. The van der Waals surface area contributed by atoms with Crippen LogP contribution in [0, 0.1) is 0 Å². The van der Waals surface area contributed by atoms with Crippen LogP contribution < -0.4 is 14.8 Å². The standard InChI is InChI=1S/C22H21Cl3N2O3S/c1-4-12(3)30-20-15(24)9-13(10-17(20)29-5-2)11-18-21(28)27-22(31-18)26-16-8-6-7-14(23)19(16)25/h6-12H,4-5H2,1-3H3,(H,26,27,28)/b18-11+/t12-/m1/s1. The van der Waals surface area contributed by atoms with Crippen molar-refractivity contribution in [1.29, 1.82) is 0 Å². The zero-order chi connectivity index (χ0) is 22.5. The van der Waals surface area contributed by atoms with Crippen molar-refractivity contribution in [1.82, 2.24) is 5.32 Å². The van der Waals surface area contributed by atoms with Crippen molar-refractivity contribution in [3.8, 4) is 11.5 Å². The Morgan fingerprint density at radius 3 is 2.68 bits per heavy atom. The molecule has 1 aliphatic heterocycles.